The standard InChI is InChI=1S/C27H32N2O6S/c1-18(35-21-11-7-19(8-12-21)27(2,3)4)26(30)28-20-9-14-23(15-10-20)36(31,32)29-24-17-22(33-5)13-16-25(24)34-6/h7-18,29H,1-6H3,(H,28,30). The quantitative estimate of drug-likeness (QED) is 0.408. The van der Waals surface area contributed by atoms with Gasteiger partial charge < -0.3 is 19.5 Å². The highest BCUT2D eigenvalue weighted by Crippen LogP contribution is 2.31. The maximum absolute atomic E-state index is 12.9. The zero-order valence-electron chi connectivity index (χ0n) is 21.3. The highest BCUT2D eigenvalue weighted by molar-refractivity contribution is 7.92. The number of methoxy groups -OCH3 is 2. The SMILES string of the molecule is COc1ccc(OC)c(NS(=O)(=O)c2ccc(NC(=O)C(C)Oc3ccc(C(C)(C)C)cc3)cc2)c1. The van der Waals surface area contributed by atoms with Gasteiger partial charge in [0.2, 0.25) is 0 Å². The lowest BCUT2D eigenvalue weighted by Gasteiger charge is -2.20. The Bertz CT molecular complexity index is 1300. The molecule has 192 valence electrons. The Hall–Kier alpha value is -3.72. The van der Waals surface area contributed by atoms with Crippen LogP contribution in [0.1, 0.15) is 33.3 Å². The molecule has 1 atom stereocenters. The van der Waals surface area contributed by atoms with Gasteiger partial charge in [0.05, 0.1) is 24.8 Å². The summed E-state index contributed by atoms with van der Waals surface area (Å²) in [6, 6.07) is 18.3. The van der Waals surface area contributed by atoms with Crippen LogP contribution >= 0.6 is 0 Å². The minimum Gasteiger partial charge on any atom is -0.497 e. The van der Waals surface area contributed by atoms with Gasteiger partial charge in [-0.25, -0.2) is 8.42 Å². The summed E-state index contributed by atoms with van der Waals surface area (Å²) in [5, 5.41) is 2.74. The van der Waals surface area contributed by atoms with Crippen LogP contribution in [0.2, 0.25) is 0 Å². The Morgan fingerprint density at radius 1 is 0.861 bits per heavy atom. The van der Waals surface area contributed by atoms with Crippen molar-refractivity contribution in [2.45, 2.75) is 44.1 Å². The lowest BCUT2D eigenvalue weighted by Crippen LogP contribution is -2.30. The summed E-state index contributed by atoms with van der Waals surface area (Å²) >= 11 is 0. The Morgan fingerprint density at radius 2 is 1.47 bits per heavy atom. The molecule has 3 aromatic rings. The van der Waals surface area contributed by atoms with E-state index in [9.17, 15) is 13.2 Å². The van der Waals surface area contributed by atoms with E-state index in [2.05, 4.69) is 30.8 Å². The van der Waals surface area contributed by atoms with Crippen molar-refractivity contribution in [2.75, 3.05) is 24.3 Å². The van der Waals surface area contributed by atoms with E-state index >= 15 is 0 Å². The van der Waals surface area contributed by atoms with Crippen molar-refractivity contribution in [2.24, 2.45) is 0 Å². The number of nitrogens with one attached hydrogen (secondary N) is 2. The van der Waals surface area contributed by atoms with Gasteiger partial charge in [-0.2, -0.15) is 0 Å². The topological polar surface area (TPSA) is 103 Å². The second-order valence-electron chi connectivity index (χ2n) is 9.22. The molecular weight excluding hydrogens is 480 g/mol. The molecule has 9 heteroatoms. The second-order valence-corrected chi connectivity index (χ2v) is 10.9. The first-order valence-corrected chi connectivity index (χ1v) is 12.8. The molecule has 0 radical (unpaired) electrons. The number of hydrogen-bond acceptors (Lipinski definition) is 6. The van der Waals surface area contributed by atoms with Crippen LogP contribution in [-0.2, 0) is 20.2 Å². The molecule has 0 saturated carbocycles. The fourth-order valence-electron chi connectivity index (χ4n) is 3.35. The van der Waals surface area contributed by atoms with Crippen molar-refractivity contribution in [3.05, 3.63) is 72.3 Å². The van der Waals surface area contributed by atoms with E-state index in [1.807, 2.05) is 24.3 Å². The maximum atomic E-state index is 12.9. The van der Waals surface area contributed by atoms with Gasteiger partial charge in [-0.05, 0) is 66.4 Å². The Labute approximate surface area is 212 Å². The first-order valence-electron chi connectivity index (χ1n) is 11.4. The minimum atomic E-state index is -3.91. The zero-order chi connectivity index (χ0) is 26.5. The van der Waals surface area contributed by atoms with Crippen molar-refractivity contribution < 1.29 is 27.4 Å². The van der Waals surface area contributed by atoms with Crippen LogP contribution in [0.15, 0.2) is 71.6 Å². The van der Waals surface area contributed by atoms with E-state index < -0.39 is 16.1 Å². The molecule has 0 spiro atoms. The summed E-state index contributed by atoms with van der Waals surface area (Å²) < 4.78 is 44.4. The molecular formula is C27H32N2O6S. The second kappa shape index (κ2) is 10.9. The monoisotopic (exact) mass is 512 g/mol. The van der Waals surface area contributed by atoms with Gasteiger partial charge in [-0.15, -0.1) is 0 Å². The Morgan fingerprint density at radius 3 is 2.03 bits per heavy atom. The first-order chi connectivity index (χ1) is 16.9. The predicted molar refractivity (Wildman–Crippen MR) is 141 cm³/mol. The number of anilines is 2. The fourth-order valence-corrected chi connectivity index (χ4v) is 4.41. The van der Waals surface area contributed by atoms with Crippen molar-refractivity contribution in [3.8, 4) is 17.2 Å². The summed E-state index contributed by atoms with van der Waals surface area (Å²) in [5.41, 5.74) is 1.88. The average molecular weight is 513 g/mol. The smallest absolute Gasteiger partial charge is 0.265 e. The number of hydrogen-bond donors (Lipinski definition) is 2. The molecule has 2 N–H and O–H groups in total. The molecule has 1 unspecified atom stereocenters. The molecule has 0 saturated heterocycles. The van der Waals surface area contributed by atoms with Crippen LogP contribution in [0.4, 0.5) is 11.4 Å². The highest BCUT2D eigenvalue weighted by atomic mass is 32.2. The maximum Gasteiger partial charge on any atom is 0.265 e. The van der Waals surface area contributed by atoms with Crippen LogP contribution in [0.25, 0.3) is 0 Å². The third-order valence-corrected chi connectivity index (χ3v) is 6.87. The number of carbonyl (C=O) groups is 1. The lowest BCUT2D eigenvalue weighted by molar-refractivity contribution is -0.122. The molecule has 0 aliphatic rings. The van der Waals surface area contributed by atoms with Crippen molar-refractivity contribution in [1.29, 1.82) is 0 Å². The molecule has 3 rings (SSSR count). The molecule has 0 bridgehead atoms. The van der Waals surface area contributed by atoms with Crippen LogP contribution in [-0.4, -0.2) is 34.6 Å². The molecule has 1 amide bonds. The number of carbonyl (C=O) groups excluding carboxylic acids is 1. The largest absolute Gasteiger partial charge is 0.497 e. The predicted octanol–water partition coefficient (Wildman–Crippen LogP) is 5.21. The highest BCUT2D eigenvalue weighted by Gasteiger charge is 2.19. The number of benzene rings is 3. The van der Waals surface area contributed by atoms with Crippen LogP contribution in [0.5, 0.6) is 17.2 Å². The van der Waals surface area contributed by atoms with Crippen LogP contribution < -0.4 is 24.2 Å². The first kappa shape index (κ1) is 26.9. The Kier molecular flexibility index (Phi) is 8.14. The van der Waals surface area contributed by atoms with Crippen LogP contribution in [0, 0.1) is 0 Å². The van der Waals surface area contributed by atoms with Crippen molar-refractivity contribution in [3.63, 3.8) is 0 Å². The summed E-state index contributed by atoms with van der Waals surface area (Å²) in [5.74, 6) is 1.06. The van der Waals surface area contributed by atoms with Gasteiger partial charge in [-0.3, -0.25) is 9.52 Å². The summed E-state index contributed by atoms with van der Waals surface area (Å²) in [6.45, 7) is 8.03. The summed E-state index contributed by atoms with van der Waals surface area (Å²) in [4.78, 5) is 12.6. The van der Waals surface area contributed by atoms with Gasteiger partial charge in [-0.1, -0.05) is 32.9 Å². The molecule has 0 fully saturated rings. The molecule has 36 heavy (non-hydrogen) atoms. The Balaban J connectivity index is 1.65. The van der Waals surface area contributed by atoms with Gasteiger partial charge in [0, 0.05) is 11.8 Å². The molecule has 0 heterocycles. The summed E-state index contributed by atoms with van der Waals surface area (Å²) in [7, 11) is -0.975. The molecule has 3 aromatic carbocycles. The fraction of sp³-hybridized carbons (Fsp3) is 0.296. The molecule has 0 aliphatic carbocycles. The van der Waals surface area contributed by atoms with Gasteiger partial charge >= 0.3 is 0 Å². The normalized spacial score (nSPS) is 12.4. The number of ether oxygens (including phenoxy) is 3. The molecule has 8 nitrogen and oxygen atoms in total. The summed E-state index contributed by atoms with van der Waals surface area (Å²) in [6.07, 6.45) is -0.754. The van der Waals surface area contributed by atoms with Crippen LogP contribution in [0.3, 0.4) is 0 Å². The van der Waals surface area contributed by atoms with E-state index in [1.165, 1.54) is 50.1 Å². The van der Waals surface area contributed by atoms with E-state index in [0.717, 1.165) is 0 Å². The van der Waals surface area contributed by atoms with Crippen molar-refractivity contribution >= 4 is 27.3 Å². The average Bonchev–Trinajstić information content (AvgIpc) is 2.83. The van der Waals surface area contributed by atoms with Crippen molar-refractivity contribution in [1.82, 2.24) is 0 Å². The zero-order valence-corrected chi connectivity index (χ0v) is 22.1. The van der Waals surface area contributed by atoms with Gasteiger partial charge in [0.1, 0.15) is 17.2 Å². The minimum absolute atomic E-state index is 0.0219. The van der Waals surface area contributed by atoms with E-state index in [0.29, 0.717) is 22.9 Å². The lowest BCUT2D eigenvalue weighted by atomic mass is 9.87. The van der Waals surface area contributed by atoms with E-state index in [4.69, 9.17) is 14.2 Å². The third-order valence-electron chi connectivity index (χ3n) is 5.49. The van der Waals surface area contributed by atoms with E-state index in [-0.39, 0.29) is 21.9 Å². The third kappa shape index (κ3) is 6.69. The molecule has 0 aromatic heterocycles. The number of rotatable bonds is 9. The number of sulfonamides is 1. The number of amides is 1. The molecule has 0 aliphatic heterocycles. The van der Waals surface area contributed by atoms with Gasteiger partial charge in [0.25, 0.3) is 15.9 Å². The van der Waals surface area contributed by atoms with E-state index in [1.54, 1.807) is 19.1 Å². The van der Waals surface area contributed by atoms with Gasteiger partial charge in [0.15, 0.2) is 6.10 Å².